The van der Waals surface area contributed by atoms with Crippen LogP contribution in [0.4, 0.5) is 0 Å². The number of ketones is 1. The van der Waals surface area contributed by atoms with Gasteiger partial charge in [0.15, 0.2) is 15.8 Å². The maximum absolute atomic E-state index is 12.3. The number of carbonyl (C=O) groups is 2. The number of Topliss-reactive ketones (excluding diaryl/α,β-unsaturated/α-hetero) is 1. The van der Waals surface area contributed by atoms with Gasteiger partial charge in [-0.1, -0.05) is 36.4 Å². The second-order valence-corrected chi connectivity index (χ2v) is 18.9. The van der Waals surface area contributed by atoms with Crippen LogP contribution >= 0.6 is 45.9 Å². The van der Waals surface area contributed by atoms with E-state index in [1.54, 1.807) is 36.9 Å². The first-order chi connectivity index (χ1) is 25.8. The number of para-hydroxylation sites is 2. The molecule has 10 nitrogen and oxygen atoms in total. The first-order valence-electron chi connectivity index (χ1n) is 17.3. The Hall–Kier alpha value is -3.67. The first kappa shape index (κ1) is 46.5. The van der Waals surface area contributed by atoms with Crippen LogP contribution in [0.1, 0.15) is 65.3 Å². The van der Waals surface area contributed by atoms with Gasteiger partial charge < -0.3 is 20.5 Å². The highest BCUT2D eigenvalue weighted by Crippen LogP contribution is 2.23. The number of alkyl halides is 2. The van der Waals surface area contributed by atoms with E-state index in [1.807, 2.05) is 76.2 Å². The molecule has 54 heavy (non-hydrogen) atoms. The quantitative estimate of drug-likeness (QED) is 0.0827. The number of amides is 1. The first-order valence-corrected chi connectivity index (χ1v) is 23.5. The van der Waals surface area contributed by atoms with Crippen molar-refractivity contribution in [2.45, 2.75) is 77.3 Å². The Morgan fingerprint density at radius 3 is 1.63 bits per heavy atom. The Morgan fingerprint density at radius 2 is 1.19 bits per heavy atom. The van der Waals surface area contributed by atoms with Crippen molar-refractivity contribution < 1.29 is 19.1 Å². The maximum atomic E-state index is 12.3. The summed E-state index contributed by atoms with van der Waals surface area (Å²) >= 11 is 12.1. The highest BCUT2D eigenvalue weighted by molar-refractivity contribution is 7.20. The van der Waals surface area contributed by atoms with E-state index in [2.05, 4.69) is 42.6 Å². The third-order valence-corrected chi connectivity index (χ3v) is 8.32. The van der Waals surface area contributed by atoms with Crippen molar-refractivity contribution in [2.24, 2.45) is 5.73 Å². The normalized spacial score (nSPS) is 10.1. The van der Waals surface area contributed by atoms with E-state index in [-0.39, 0.29) is 43.4 Å². The van der Waals surface area contributed by atoms with Crippen molar-refractivity contribution in [3.63, 3.8) is 0 Å². The molecule has 6 aromatic rings. The van der Waals surface area contributed by atoms with Gasteiger partial charge in [0, 0.05) is 55.9 Å². The predicted molar refractivity (Wildman–Crippen MR) is 228 cm³/mol. The number of hydrogen-bond acceptors (Lipinski definition) is 11. The van der Waals surface area contributed by atoms with E-state index in [9.17, 15) is 9.59 Å². The van der Waals surface area contributed by atoms with E-state index in [1.165, 1.54) is 29.6 Å². The molecule has 15 heteroatoms. The highest BCUT2D eigenvalue weighted by atomic mass is 35.5. The fourth-order valence-electron chi connectivity index (χ4n) is 4.12. The Labute approximate surface area is 340 Å². The summed E-state index contributed by atoms with van der Waals surface area (Å²) < 4.78 is 13.2. The predicted octanol–water partition coefficient (Wildman–Crippen LogP) is 10.0. The van der Waals surface area contributed by atoms with Crippen molar-refractivity contribution in [1.82, 2.24) is 25.3 Å². The third-order valence-electron chi connectivity index (χ3n) is 6.21. The minimum absolute atomic E-state index is 0.0104. The molecule has 0 aliphatic carbocycles. The van der Waals surface area contributed by atoms with Gasteiger partial charge in [0.25, 0.3) is 20.1 Å². The molecule has 0 atom stereocenters. The largest absolute Gasteiger partial charge is 0.491 e. The fourth-order valence-corrected chi connectivity index (χ4v) is 5.80. The van der Waals surface area contributed by atoms with Gasteiger partial charge in [-0.25, -0.2) is 9.97 Å². The number of benzene rings is 2. The summed E-state index contributed by atoms with van der Waals surface area (Å²) in [6.45, 7) is 10.4. The molecule has 6 rings (SSSR count). The van der Waals surface area contributed by atoms with Crippen LogP contribution in [0, 0.1) is 0 Å². The van der Waals surface area contributed by atoms with Gasteiger partial charge in [-0.2, -0.15) is 0 Å². The Bertz CT molecular complexity index is 1940. The van der Waals surface area contributed by atoms with Crippen LogP contribution in [0.25, 0.3) is 20.4 Å². The van der Waals surface area contributed by atoms with Crippen LogP contribution in [0.15, 0.2) is 85.5 Å². The van der Waals surface area contributed by atoms with E-state index >= 15 is 0 Å². The molecule has 4 aromatic heterocycles. The number of rotatable bonds is 9. The number of thiazole rings is 2. The number of fused-ring (bicyclic) bond motifs is 2. The summed E-state index contributed by atoms with van der Waals surface area (Å²) in [5.74, 6) is 8.42. The number of halogens is 2. The average Bonchev–Trinajstić information content (AvgIpc) is 3.77. The summed E-state index contributed by atoms with van der Waals surface area (Å²) in [5, 5.41) is 4.09. The second-order valence-electron chi connectivity index (χ2n) is 12.5. The number of nitrogens with zero attached hydrogens (tertiary/aromatic N) is 4. The molecule has 0 radical (unpaired) electrons. The van der Waals surface area contributed by atoms with Crippen LogP contribution in [0.3, 0.4) is 0 Å². The van der Waals surface area contributed by atoms with Crippen molar-refractivity contribution in [3.05, 3.63) is 107 Å². The van der Waals surface area contributed by atoms with Gasteiger partial charge in [-0.15, -0.1) is 63.2 Å². The third kappa shape index (κ3) is 17.2. The summed E-state index contributed by atoms with van der Waals surface area (Å²) in [6, 6.07) is 19.2. The molecule has 0 aliphatic heterocycles. The van der Waals surface area contributed by atoms with Gasteiger partial charge in [0.05, 0.1) is 38.0 Å². The Kier molecular flexibility index (Phi) is 21.9. The number of hydrogen-bond donors (Lipinski definition) is 2. The lowest BCUT2D eigenvalue weighted by Gasteiger charge is -2.14. The van der Waals surface area contributed by atoms with E-state index in [0.717, 1.165) is 43.1 Å². The molecular formula is C39H49AlCl2N6O4S2. The topological polar surface area (TPSA) is 142 Å². The van der Waals surface area contributed by atoms with Crippen LogP contribution in [-0.2, 0) is 13.1 Å². The zero-order valence-corrected chi connectivity index (χ0v) is 36.3. The standard InChI is InChI=1S/C17H17N3O2S.C10H15NO.C8H6N2OS.CH2Cl2.3CH3.Al/c1-11(2)22-14-6-4-3-5-12(14)9-19-16(21)17-20-13-7-8-18-10-15(13)23-17;1-8(2)12-10-6-4-3-5-9(10)7-11;1-5(11)8-10-6-2-3-9-4-7(6)12-8;2-1-3;;;;/h3-8,10-11H,9H2,1-2H3,(H,19,21);3-6,8H,7,11H2,1-2H3;2-4H,1H3;1H2;3*1H3;. The van der Waals surface area contributed by atoms with E-state index < -0.39 is 0 Å². The van der Waals surface area contributed by atoms with Gasteiger partial charge in [-0.3, -0.25) is 19.6 Å². The molecule has 1 amide bonds. The molecular weight excluding hydrogens is 778 g/mol. The van der Waals surface area contributed by atoms with Crippen LogP contribution in [0.5, 0.6) is 11.5 Å². The fraction of sp³-hybridized carbons (Fsp3) is 0.333. The number of ether oxygens (including phenoxy) is 2. The molecule has 0 aliphatic rings. The minimum atomic E-state index is -0.189. The van der Waals surface area contributed by atoms with E-state index in [4.69, 9.17) is 38.4 Å². The van der Waals surface area contributed by atoms with Crippen LogP contribution in [0.2, 0.25) is 17.4 Å². The second kappa shape index (κ2) is 25.4. The smallest absolute Gasteiger partial charge is 0.280 e. The zero-order chi connectivity index (χ0) is 40.0. The maximum Gasteiger partial charge on any atom is 0.280 e. The minimum Gasteiger partial charge on any atom is -0.491 e. The average molecular weight is 828 g/mol. The van der Waals surface area contributed by atoms with Crippen molar-refractivity contribution in [2.75, 3.05) is 5.34 Å². The van der Waals surface area contributed by atoms with Gasteiger partial charge in [0.2, 0.25) is 0 Å². The number of pyridine rings is 2. The lowest BCUT2D eigenvalue weighted by atomic mass is 10.2. The van der Waals surface area contributed by atoms with Crippen LogP contribution in [-0.4, -0.2) is 63.3 Å². The van der Waals surface area contributed by atoms with Gasteiger partial charge in [-0.05, 0) is 52.0 Å². The summed E-state index contributed by atoms with van der Waals surface area (Å²) in [5.41, 5.74) is 9.19. The molecule has 0 unspecified atom stereocenters. The molecule has 0 fully saturated rings. The number of aromatic nitrogens is 4. The van der Waals surface area contributed by atoms with Crippen molar-refractivity contribution >= 4 is 92.1 Å². The molecule has 0 bridgehead atoms. The molecule has 4 heterocycles. The number of nitrogens with one attached hydrogen (secondary N) is 1. The van der Waals surface area contributed by atoms with Crippen LogP contribution < -0.4 is 20.5 Å². The number of carbonyl (C=O) groups excluding carboxylic acids is 2. The summed E-state index contributed by atoms with van der Waals surface area (Å²) in [7, 11) is 0. The van der Waals surface area contributed by atoms with Crippen molar-refractivity contribution in [3.8, 4) is 11.5 Å². The monoisotopic (exact) mass is 826 g/mol. The zero-order valence-electron chi connectivity index (χ0n) is 32.0. The number of nitrogens with two attached hydrogens (primary N) is 1. The molecule has 0 saturated carbocycles. The van der Waals surface area contributed by atoms with E-state index in [0.29, 0.717) is 23.1 Å². The van der Waals surface area contributed by atoms with Gasteiger partial charge >= 0.3 is 0 Å². The Balaban J connectivity index is 0.000000275. The van der Waals surface area contributed by atoms with Gasteiger partial charge in [0.1, 0.15) is 11.5 Å². The molecule has 3 N–H and O–H groups in total. The molecule has 0 saturated heterocycles. The molecule has 288 valence electrons. The summed E-state index contributed by atoms with van der Waals surface area (Å²) in [6.07, 6.45) is 7.07. The lowest BCUT2D eigenvalue weighted by Crippen LogP contribution is -2.23. The summed E-state index contributed by atoms with van der Waals surface area (Å²) in [4.78, 5) is 39.7. The SMILES string of the molecule is CC(=O)c1nc2ccncc2s1.CC(C)Oc1ccccc1CN.CC(C)Oc1ccccc1CNC(=O)c1nc2ccncc2s1.ClCCl.[CH3][Al]([CH3])[CH3]. The Morgan fingerprint density at radius 1 is 0.759 bits per heavy atom. The molecule has 0 spiro atoms. The van der Waals surface area contributed by atoms with Crippen molar-refractivity contribution in [1.29, 1.82) is 0 Å². The lowest BCUT2D eigenvalue weighted by molar-refractivity contribution is 0.0949. The highest BCUT2D eigenvalue weighted by Gasteiger charge is 2.13. The molecule has 2 aromatic carbocycles.